The van der Waals surface area contributed by atoms with Crippen molar-refractivity contribution in [2.24, 2.45) is 0 Å². The number of rotatable bonds is 1. The summed E-state index contributed by atoms with van der Waals surface area (Å²) in [5.74, 6) is 5.63. The third-order valence-corrected chi connectivity index (χ3v) is 2.82. The van der Waals surface area contributed by atoms with Gasteiger partial charge >= 0.3 is 5.97 Å². The van der Waals surface area contributed by atoms with Crippen molar-refractivity contribution in [3.63, 3.8) is 0 Å². The van der Waals surface area contributed by atoms with Gasteiger partial charge in [0, 0.05) is 12.1 Å². The summed E-state index contributed by atoms with van der Waals surface area (Å²) in [6, 6.07) is 6.13. The summed E-state index contributed by atoms with van der Waals surface area (Å²) >= 11 is 0. The van der Waals surface area contributed by atoms with Gasteiger partial charge in [-0.25, -0.2) is 0 Å². The van der Waals surface area contributed by atoms with Crippen LogP contribution < -0.4 is 5.32 Å². The van der Waals surface area contributed by atoms with Gasteiger partial charge in [-0.1, -0.05) is 24.0 Å². The number of benzene rings is 1. The van der Waals surface area contributed by atoms with Crippen molar-refractivity contribution in [1.82, 2.24) is 5.32 Å². The second-order valence-corrected chi connectivity index (χ2v) is 3.92. The third-order valence-electron chi connectivity index (χ3n) is 2.82. The lowest BCUT2D eigenvalue weighted by molar-refractivity contribution is -0.139. The summed E-state index contributed by atoms with van der Waals surface area (Å²) in [5.41, 5.74) is 3.65. The Morgan fingerprint density at radius 3 is 3.24 bits per heavy atom. The number of hydrogen-bond donors (Lipinski definition) is 1. The van der Waals surface area contributed by atoms with E-state index in [0.29, 0.717) is 0 Å². The Morgan fingerprint density at radius 1 is 1.53 bits per heavy atom. The maximum atomic E-state index is 11.0. The number of carbonyl (C=O) groups is 1. The molecule has 0 amide bonds. The number of methoxy groups -OCH3 is 1. The Balaban J connectivity index is 2.18. The molecule has 0 aliphatic carbocycles. The first-order valence-electron chi connectivity index (χ1n) is 5.68. The molecule has 0 unspecified atom stereocenters. The Labute approximate surface area is 101 Å². The van der Waals surface area contributed by atoms with Crippen molar-refractivity contribution < 1.29 is 9.53 Å². The lowest BCUT2D eigenvalue weighted by atomic mass is 9.96. The van der Waals surface area contributed by atoms with E-state index >= 15 is 0 Å². The quantitative estimate of drug-likeness (QED) is 0.582. The van der Waals surface area contributed by atoms with Crippen molar-refractivity contribution in [3.8, 4) is 11.8 Å². The van der Waals surface area contributed by atoms with Crippen LogP contribution in [0.4, 0.5) is 0 Å². The van der Waals surface area contributed by atoms with Gasteiger partial charge < -0.3 is 10.1 Å². The molecule has 0 atom stereocenters. The molecule has 0 aromatic heterocycles. The molecule has 0 fully saturated rings. The maximum Gasteiger partial charge on any atom is 0.317 e. The van der Waals surface area contributed by atoms with E-state index in [0.717, 1.165) is 25.1 Å². The fourth-order valence-electron chi connectivity index (χ4n) is 1.93. The molecule has 0 saturated carbocycles. The first-order valence-corrected chi connectivity index (χ1v) is 5.68. The molecular weight excluding hydrogens is 214 g/mol. The van der Waals surface area contributed by atoms with Crippen LogP contribution in [-0.2, 0) is 22.5 Å². The average Bonchev–Trinajstić information content (AvgIpc) is 2.39. The van der Waals surface area contributed by atoms with E-state index in [-0.39, 0.29) is 12.4 Å². The lowest BCUT2D eigenvalue weighted by Gasteiger charge is -2.18. The maximum absolute atomic E-state index is 11.0. The average molecular weight is 229 g/mol. The summed E-state index contributed by atoms with van der Waals surface area (Å²) in [6.45, 7) is 1.89. The van der Waals surface area contributed by atoms with Gasteiger partial charge in [0.2, 0.25) is 0 Å². The van der Waals surface area contributed by atoms with Crippen molar-refractivity contribution in [3.05, 3.63) is 34.9 Å². The predicted molar refractivity (Wildman–Crippen MR) is 65.4 cm³/mol. The highest BCUT2D eigenvalue weighted by Gasteiger charge is 2.10. The molecule has 88 valence electrons. The van der Waals surface area contributed by atoms with Crippen molar-refractivity contribution >= 4 is 5.97 Å². The molecule has 3 heteroatoms. The molecule has 1 heterocycles. The molecule has 0 saturated heterocycles. The predicted octanol–water partition coefficient (Wildman–Crippen LogP) is 1.25. The van der Waals surface area contributed by atoms with Crippen LogP contribution in [0.25, 0.3) is 0 Å². The van der Waals surface area contributed by atoms with Crippen LogP contribution in [0.2, 0.25) is 0 Å². The minimum atomic E-state index is -0.288. The first-order chi connectivity index (χ1) is 8.31. The molecule has 1 aromatic rings. The minimum absolute atomic E-state index is 0.151. The van der Waals surface area contributed by atoms with E-state index < -0.39 is 0 Å². The van der Waals surface area contributed by atoms with Gasteiger partial charge in [0.25, 0.3) is 0 Å². The third kappa shape index (κ3) is 2.86. The van der Waals surface area contributed by atoms with Gasteiger partial charge in [-0.15, -0.1) is 0 Å². The van der Waals surface area contributed by atoms with Crippen LogP contribution in [0, 0.1) is 11.8 Å². The van der Waals surface area contributed by atoms with E-state index in [1.54, 1.807) is 0 Å². The van der Waals surface area contributed by atoms with E-state index in [2.05, 4.69) is 28.0 Å². The number of ether oxygens (including phenoxy) is 1. The van der Waals surface area contributed by atoms with E-state index in [4.69, 9.17) is 0 Å². The minimum Gasteiger partial charge on any atom is -0.468 e. The van der Waals surface area contributed by atoms with Gasteiger partial charge in [-0.2, -0.15) is 0 Å². The molecule has 2 rings (SSSR count). The van der Waals surface area contributed by atoms with Gasteiger partial charge in [-0.3, -0.25) is 4.79 Å². The van der Waals surface area contributed by atoms with Crippen LogP contribution in [0.3, 0.4) is 0 Å². The summed E-state index contributed by atoms with van der Waals surface area (Å²) in [7, 11) is 1.38. The molecule has 1 aliphatic rings. The van der Waals surface area contributed by atoms with Gasteiger partial charge in [0.05, 0.1) is 7.11 Å². The molecule has 1 aliphatic heterocycles. The Hall–Kier alpha value is -1.79. The number of fused-ring (bicyclic) bond motifs is 1. The molecule has 1 aromatic carbocycles. The summed E-state index contributed by atoms with van der Waals surface area (Å²) in [4.78, 5) is 11.0. The molecule has 17 heavy (non-hydrogen) atoms. The van der Waals surface area contributed by atoms with Crippen LogP contribution in [0.1, 0.15) is 23.1 Å². The van der Waals surface area contributed by atoms with Crippen LogP contribution in [0.15, 0.2) is 18.2 Å². The highest BCUT2D eigenvalue weighted by atomic mass is 16.5. The van der Waals surface area contributed by atoms with Gasteiger partial charge in [0.15, 0.2) is 0 Å². The van der Waals surface area contributed by atoms with E-state index in [1.807, 2.05) is 12.1 Å². The fraction of sp³-hybridized carbons (Fsp3) is 0.357. The molecular formula is C14H15NO2. The smallest absolute Gasteiger partial charge is 0.317 e. The summed E-state index contributed by atoms with van der Waals surface area (Å²) in [6.07, 6.45) is 1.15. The van der Waals surface area contributed by atoms with Crippen LogP contribution >= 0.6 is 0 Å². The lowest BCUT2D eigenvalue weighted by Crippen LogP contribution is -2.24. The number of esters is 1. The SMILES string of the molecule is COC(=O)CC#Cc1cccc2c1CCNC2. The zero-order valence-electron chi connectivity index (χ0n) is 9.88. The molecule has 0 radical (unpaired) electrons. The zero-order chi connectivity index (χ0) is 12.1. The van der Waals surface area contributed by atoms with Gasteiger partial charge in [0.1, 0.15) is 6.42 Å². The Kier molecular flexibility index (Phi) is 3.79. The second kappa shape index (κ2) is 5.51. The molecule has 1 N–H and O–H groups in total. The van der Waals surface area contributed by atoms with Crippen LogP contribution in [-0.4, -0.2) is 19.6 Å². The molecule has 0 bridgehead atoms. The molecule has 0 spiro atoms. The highest BCUT2D eigenvalue weighted by Crippen LogP contribution is 2.17. The number of hydrogen-bond acceptors (Lipinski definition) is 3. The molecule has 3 nitrogen and oxygen atoms in total. The summed E-state index contributed by atoms with van der Waals surface area (Å²) < 4.78 is 4.55. The monoisotopic (exact) mass is 229 g/mol. The standard InChI is InChI=1S/C14H15NO2/c1-17-14(16)7-3-5-11-4-2-6-12-10-15-9-8-13(11)12/h2,4,6,15H,7-10H2,1H3. The van der Waals surface area contributed by atoms with Crippen molar-refractivity contribution in [2.75, 3.05) is 13.7 Å². The number of nitrogens with one attached hydrogen (secondary N) is 1. The Morgan fingerprint density at radius 2 is 2.41 bits per heavy atom. The van der Waals surface area contributed by atoms with Gasteiger partial charge in [-0.05, 0) is 30.2 Å². The fourth-order valence-corrected chi connectivity index (χ4v) is 1.93. The van der Waals surface area contributed by atoms with E-state index in [9.17, 15) is 4.79 Å². The largest absolute Gasteiger partial charge is 0.468 e. The number of carbonyl (C=O) groups excluding carboxylic acids is 1. The highest BCUT2D eigenvalue weighted by molar-refractivity contribution is 5.72. The topological polar surface area (TPSA) is 38.3 Å². The van der Waals surface area contributed by atoms with Crippen molar-refractivity contribution in [1.29, 1.82) is 0 Å². The normalized spacial score (nSPS) is 13.2. The Bertz CT molecular complexity index is 483. The van der Waals surface area contributed by atoms with Crippen molar-refractivity contribution in [2.45, 2.75) is 19.4 Å². The van der Waals surface area contributed by atoms with E-state index in [1.165, 1.54) is 18.2 Å². The van der Waals surface area contributed by atoms with Crippen LogP contribution in [0.5, 0.6) is 0 Å². The zero-order valence-corrected chi connectivity index (χ0v) is 9.88. The first kappa shape index (κ1) is 11.7. The summed E-state index contributed by atoms with van der Waals surface area (Å²) in [5, 5.41) is 3.33. The second-order valence-electron chi connectivity index (χ2n) is 3.92.